The number of hydrogen-bond donors (Lipinski definition) is 2. The number of amides is 1. The minimum atomic E-state index is -0.496. The van der Waals surface area contributed by atoms with Crippen LogP contribution in [0.3, 0.4) is 0 Å². The van der Waals surface area contributed by atoms with Gasteiger partial charge in [0.2, 0.25) is 0 Å². The van der Waals surface area contributed by atoms with E-state index in [2.05, 4.69) is 38.8 Å². The molecular formula is C22H23N7O2. The van der Waals surface area contributed by atoms with Crippen LogP contribution in [0.4, 0.5) is 11.6 Å². The normalized spacial score (nSPS) is 21.3. The standard InChI is InChI=1S/C22H23N7O2/c1-13-10-14(20-28-24-12-29(20)17-4-2-3-9-31-17)5-6-15(13)16-11-23-18-19(25-16)27-22(7-8-22)21(30)26-18/h5-6,10-12,17H,2-4,7-9H2,1H3,(H,25,27)(H,23,26,30). The van der Waals surface area contributed by atoms with Gasteiger partial charge in [0.15, 0.2) is 17.5 Å². The number of nitrogens with one attached hydrogen (secondary N) is 2. The number of nitrogens with zero attached hydrogens (tertiary/aromatic N) is 5. The second kappa shape index (κ2) is 6.84. The maximum absolute atomic E-state index is 12.2. The van der Waals surface area contributed by atoms with Gasteiger partial charge in [0, 0.05) is 17.7 Å². The molecule has 3 aliphatic rings. The van der Waals surface area contributed by atoms with E-state index in [9.17, 15) is 4.79 Å². The fraction of sp³-hybridized carbons (Fsp3) is 0.409. The minimum absolute atomic E-state index is 0.0127. The van der Waals surface area contributed by atoms with E-state index in [1.54, 1.807) is 12.5 Å². The van der Waals surface area contributed by atoms with Crippen LogP contribution >= 0.6 is 0 Å². The van der Waals surface area contributed by atoms with Crippen molar-refractivity contribution < 1.29 is 9.53 Å². The molecule has 2 aliphatic heterocycles. The molecule has 1 aliphatic carbocycles. The van der Waals surface area contributed by atoms with E-state index in [1.807, 2.05) is 16.7 Å². The number of benzene rings is 1. The third kappa shape index (κ3) is 3.07. The van der Waals surface area contributed by atoms with Gasteiger partial charge in [-0.2, -0.15) is 0 Å². The number of fused-ring (bicyclic) bond motifs is 1. The van der Waals surface area contributed by atoms with E-state index >= 15 is 0 Å². The summed E-state index contributed by atoms with van der Waals surface area (Å²) in [6, 6.07) is 6.16. The van der Waals surface area contributed by atoms with Crippen LogP contribution in [0, 0.1) is 6.92 Å². The van der Waals surface area contributed by atoms with Crippen LogP contribution in [0.25, 0.3) is 22.6 Å². The molecule has 2 aromatic heterocycles. The number of carbonyl (C=O) groups excluding carboxylic acids is 1. The first-order valence-electron chi connectivity index (χ1n) is 10.7. The summed E-state index contributed by atoms with van der Waals surface area (Å²) >= 11 is 0. The molecule has 1 saturated heterocycles. The molecule has 1 spiro atoms. The van der Waals surface area contributed by atoms with Crippen molar-refractivity contribution in [1.82, 2.24) is 24.7 Å². The van der Waals surface area contributed by atoms with Crippen molar-refractivity contribution in [2.45, 2.75) is 50.8 Å². The van der Waals surface area contributed by atoms with Crippen molar-refractivity contribution >= 4 is 17.5 Å². The molecule has 6 rings (SSSR count). The Bertz CT molecular complexity index is 1180. The number of carbonyl (C=O) groups is 1. The van der Waals surface area contributed by atoms with Crippen LogP contribution in [-0.4, -0.2) is 42.8 Å². The summed E-state index contributed by atoms with van der Waals surface area (Å²) in [4.78, 5) is 21.4. The van der Waals surface area contributed by atoms with Crippen molar-refractivity contribution in [2.24, 2.45) is 0 Å². The molecule has 9 nitrogen and oxygen atoms in total. The fourth-order valence-electron chi connectivity index (χ4n) is 4.38. The summed E-state index contributed by atoms with van der Waals surface area (Å²) in [5.74, 6) is 1.90. The van der Waals surface area contributed by atoms with E-state index < -0.39 is 5.54 Å². The monoisotopic (exact) mass is 417 g/mol. The maximum atomic E-state index is 12.2. The smallest absolute Gasteiger partial charge is 0.251 e. The quantitative estimate of drug-likeness (QED) is 0.673. The Morgan fingerprint density at radius 1 is 1.23 bits per heavy atom. The van der Waals surface area contributed by atoms with Gasteiger partial charge < -0.3 is 15.4 Å². The molecule has 0 bridgehead atoms. The molecular weight excluding hydrogens is 394 g/mol. The summed E-state index contributed by atoms with van der Waals surface area (Å²) < 4.78 is 7.94. The molecule has 158 valence electrons. The van der Waals surface area contributed by atoms with Gasteiger partial charge in [-0.15, -0.1) is 10.2 Å². The van der Waals surface area contributed by atoms with Gasteiger partial charge in [-0.3, -0.25) is 9.36 Å². The van der Waals surface area contributed by atoms with Crippen LogP contribution in [0.15, 0.2) is 30.7 Å². The zero-order chi connectivity index (χ0) is 21.0. The second-order valence-electron chi connectivity index (χ2n) is 8.53. The predicted molar refractivity (Wildman–Crippen MR) is 114 cm³/mol. The SMILES string of the molecule is Cc1cc(-c2nncn2C2CCCCO2)ccc1-c1cnc2c(n1)NC1(CC1)C(=O)N2. The van der Waals surface area contributed by atoms with Gasteiger partial charge in [-0.25, -0.2) is 9.97 Å². The van der Waals surface area contributed by atoms with E-state index in [4.69, 9.17) is 9.72 Å². The molecule has 2 fully saturated rings. The van der Waals surface area contributed by atoms with Crippen LogP contribution in [0.1, 0.15) is 43.9 Å². The minimum Gasteiger partial charge on any atom is -0.358 e. The summed E-state index contributed by atoms with van der Waals surface area (Å²) in [7, 11) is 0. The van der Waals surface area contributed by atoms with Gasteiger partial charge in [-0.05, 0) is 50.7 Å². The van der Waals surface area contributed by atoms with E-state index in [-0.39, 0.29) is 12.1 Å². The first kappa shape index (κ1) is 18.4. The molecule has 1 saturated carbocycles. The first-order valence-corrected chi connectivity index (χ1v) is 10.7. The van der Waals surface area contributed by atoms with Crippen molar-refractivity contribution in [3.63, 3.8) is 0 Å². The largest absolute Gasteiger partial charge is 0.358 e. The predicted octanol–water partition coefficient (Wildman–Crippen LogP) is 3.31. The van der Waals surface area contributed by atoms with Gasteiger partial charge in [0.1, 0.15) is 18.1 Å². The second-order valence-corrected chi connectivity index (χ2v) is 8.53. The molecule has 1 atom stereocenters. The van der Waals surface area contributed by atoms with E-state index in [0.717, 1.165) is 66.9 Å². The number of rotatable bonds is 3. The average molecular weight is 417 g/mol. The highest BCUT2D eigenvalue weighted by molar-refractivity contribution is 6.06. The van der Waals surface area contributed by atoms with Crippen LogP contribution in [0.2, 0.25) is 0 Å². The van der Waals surface area contributed by atoms with Gasteiger partial charge in [0.25, 0.3) is 5.91 Å². The number of aromatic nitrogens is 5. The summed E-state index contributed by atoms with van der Waals surface area (Å²) in [6.07, 6.45) is 8.30. The molecule has 1 amide bonds. The molecule has 1 unspecified atom stereocenters. The van der Waals surface area contributed by atoms with Crippen molar-refractivity contribution in [3.8, 4) is 22.6 Å². The summed E-state index contributed by atoms with van der Waals surface area (Å²) in [6.45, 7) is 2.82. The molecule has 9 heteroatoms. The Morgan fingerprint density at radius 3 is 2.90 bits per heavy atom. The van der Waals surface area contributed by atoms with Crippen LogP contribution < -0.4 is 10.6 Å². The van der Waals surface area contributed by atoms with Crippen LogP contribution in [0.5, 0.6) is 0 Å². The third-order valence-electron chi connectivity index (χ3n) is 6.35. The molecule has 4 heterocycles. The van der Waals surface area contributed by atoms with Crippen molar-refractivity contribution in [2.75, 3.05) is 17.2 Å². The third-order valence-corrected chi connectivity index (χ3v) is 6.35. The highest BCUT2D eigenvalue weighted by atomic mass is 16.5. The maximum Gasteiger partial charge on any atom is 0.251 e. The lowest BCUT2D eigenvalue weighted by Crippen LogP contribution is -2.41. The number of hydrogen-bond acceptors (Lipinski definition) is 7. The Hall–Kier alpha value is -3.33. The van der Waals surface area contributed by atoms with E-state index in [1.165, 1.54) is 0 Å². The van der Waals surface area contributed by atoms with Gasteiger partial charge >= 0.3 is 0 Å². The fourth-order valence-corrected chi connectivity index (χ4v) is 4.38. The summed E-state index contributed by atoms with van der Waals surface area (Å²) in [5, 5.41) is 14.6. The highest BCUT2D eigenvalue weighted by Gasteiger charge is 2.53. The van der Waals surface area contributed by atoms with Crippen molar-refractivity contribution in [3.05, 3.63) is 36.3 Å². The van der Waals surface area contributed by atoms with Gasteiger partial charge in [-0.1, -0.05) is 12.1 Å². The van der Waals surface area contributed by atoms with Gasteiger partial charge in [0.05, 0.1) is 11.9 Å². The first-order chi connectivity index (χ1) is 15.1. The topological polar surface area (TPSA) is 107 Å². The number of ether oxygens (including phenoxy) is 1. The molecule has 1 aromatic carbocycles. The Morgan fingerprint density at radius 2 is 2.13 bits per heavy atom. The lowest BCUT2D eigenvalue weighted by atomic mass is 10.0. The lowest BCUT2D eigenvalue weighted by molar-refractivity contribution is -0.117. The Kier molecular flexibility index (Phi) is 4.07. The number of anilines is 2. The Balaban J connectivity index is 1.32. The lowest BCUT2D eigenvalue weighted by Gasteiger charge is -2.25. The average Bonchev–Trinajstić information content (AvgIpc) is 3.39. The molecule has 3 aromatic rings. The zero-order valence-electron chi connectivity index (χ0n) is 17.3. The Labute approximate surface area is 179 Å². The summed E-state index contributed by atoms with van der Waals surface area (Å²) in [5.41, 5.74) is 3.31. The zero-order valence-corrected chi connectivity index (χ0v) is 17.3. The van der Waals surface area contributed by atoms with E-state index in [0.29, 0.717) is 11.6 Å². The highest BCUT2D eigenvalue weighted by Crippen LogP contribution is 2.44. The molecule has 0 radical (unpaired) electrons. The number of aryl methyl sites for hydroxylation is 1. The van der Waals surface area contributed by atoms with Crippen LogP contribution in [-0.2, 0) is 9.53 Å². The molecule has 2 N–H and O–H groups in total. The molecule has 31 heavy (non-hydrogen) atoms. The van der Waals surface area contributed by atoms with Crippen molar-refractivity contribution in [1.29, 1.82) is 0 Å².